The molecule has 4 nitrogen and oxygen atoms in total. The third kappa shape index (κ3) is 3.77. The average Bonchev–Trinajstić information content (AvgIpc) is 2.42. The molecule has 1 aromatic heterocycles. The number of aliphatic hydroxyl groups excluding tert-OH is 1. The third-order valence-electron chi connectivity index (χ3n) is 3.01. The van der Waals surface area contributed by atoms with E-state index in [1.165, 1.54) is 0 Å². The molecule has 100 valence electrons. The van der Waals surface area contributed by atoms with Crippen molar-refractivity contribution in [3.8, 4) is 0 Å². The standard InChI is InChI=1S/C15H18N2O2/c1-17(10-13-8-5-9-16-15(13)19)11-14(18)12-6-3-2-4-7-12/h2-9,14,18H,10-11H2,1H3,(H,16,19). The maximum Gasteiger partial charge on any atom is 0.252 e. The van der Waals surface area contributed by atoms with Gasteiger partial charge in [0.1, 0.15) is 0 Å². The lowest BCUT2D eigenvalue weighted by Gasteiger charge is -2.20. The van der Waals surface area contributed by atoms with Crippen molar-refractivity contribution in [2.24, 2.45) is 0 Å². The Morgan fingerprint density at radius 2 is 1.95 bits per heavy atom. The number of nitrogens with zero attached hydrogens (tertiary/aromatic N) is 1. The summed E-state index contributed by atoms with van der Waals surface area (Å²) in [6.07, 6.45) is 1.07. The van der Waals surface area contributed by atoms with Gasteiger partial charge in [-0.1, -0.05) is 36.4 Å². The van der Waals surface area contributed by atoms with E-state index in [4.69, 9.17) is 0 Å². The average molecular weight is 258 g/mol. The summed E-state index contributed by atoms with van der Waals surface area (Å²) in [6.45, 7) is 0.998. The number of pyridine rings is 1. The van der Waals surface area contributed by atoms with Gasteiger partial charge in [0.15, 0.2) is 0 Å². The van der Waals surface area contributed by atoms with Crippen LogP contribution in [-0.4, -0.2) is 28.6 Å². The van der Waals surface area contributed by atoms with E-state index < -0.39 is 6.10 Å². The van der Waals surface area contributed by atoms with Crippen molar-refractivity contribution in [3.05, 3.63) is 70.1 Å². The predicted octanol–water partition coefficient (Wildman–Crippen LogP) is 1.54. The number of likely N-dealkylation sites (N-methyl/N-ethyl adjacent to an activating group) is 1. The summed E-state index contributed by atoms with van der Waals surface area (Å²) in [4.78, 5) is 16.1. The van der Waals surface area contributed by atoms with Crippen LogP contribution in [0.5, 0.6) is 0 Å². The molecule has 2 rings (SSSR count). The predicted molar refractivity (Wildman–Crippen MR) is 74.8 cm³/mol. The number of hydrogen-bond donors (Lipinski definition) is 2. The van der Waals surface area contributed by atoms with Gasteiger partial charge in [0.05, 0.1) is 6.10 Å². The Kier molecular flexibility index (Phi) is 4.49. The van der Waals surface area contributed by atoms with Gasteiger partial charge in [0.25, 0.3) is 5.56 Å². The van der Waals surface area contributed by atoms with Crippen molar-refractivity contribution in [3.63, 3.8) is 0 Å². The molecule has 19 heavy (non-hydrogen) atoms. The highest BCUT2D eigenvalue weighted by molar-refractivity contribution is 5.17. The van der Waals surface area contributed by atoms with Gasteiger partial charge in [-0.05, 0) is 18.7 Å². The van der Waals surface area contributed by atoms with E-state index in [9.17, 15) is 9.90 Å². The van der Waals surface area contributed by atoms with Crippen LogP contribution in [0.25, 0.3) is 0 Å². The first-order chi connectivity index (χ1) is 9.16. The summed E-state index contributed by atoms with van der Waals surface area (Å²) in [5, 5.41) is 10.1. The molecule has 0 bridgehead atoms. The third-order valence-corrected chi connectivity index (χ3v) is 3.01. The fourth-order valence-corrected chi connectivity index (χ4v) is 2.01. The quantitative estimate of drug-likeness (QED) is 0.855. The molecule has 1 aromatic carbocycles. The Hall–Kier alpha value is -1.91. The molecule has 1 atom stereocenters. The van der Waals surface area contributed by atoms with E-state index in [-0.39, 0.29) is 5.56 Å². The molecule has 0 radical (unpaired) electrons. The van der Waals surface area contributed by atoms with Gasteiger partial charge < -0.3 is 10.1 Å². The fourth-order valence-electron chi connectivity index (χ4n) is 2.01. The minimum atomic E-state index is -0.547. The van der Waals surface area contributed by atoms with Crippen molar-refractivity contribution in [1.29, 1.82) is 0 Å². The zero-order valence-electron chi connectivity index (χ0n) is 10.9. The lowest BCUT2D eigenvalue weighted by atomic mass is 10.1. The van der Waals surface area contributed by atoms with Crippen molar-refractivity contribution >= 4 is 0 Å². The molecule has 0 aliphatic rings. The zero-order valence-corrected chi connectivity index (χ0v) is 10.9. The first-order valence-electron chi connectivity index (χ1n) is 6.25. The topological polar surface area (TPSA) is 56.3 Å². The normalized spacial score (nSPS) is 12.6. The number of H-pyrrole nitrogens is 1. The van der Waals surface area contributed by atoms with Crippen LogP contribution in [-0.2, 0) is 6.54 Å². The molecule has 0 fully saturated rings. The molecule has 1 heterocycles. The van der Waals surface area contributed by atoms with Crippen molar-refractivity contribution in [2.75, 3.05) is 13.6 Å². The molecule has 0 amide bonds. The molecule has 0 saturated heterocycles. The zero-order chi connectivity index (χ0) is 13.7. The second-order valence-corrected chi connectivity index (χ2v) is 4.65. The summed E-state index contributed by atoms with van der Waals surface area (Å²) in [5.74, 6) is 0. The smallest absolute Gasteiger partial charge is 0.252 e. The van der Waals surface area contributed by atoms with Crippen LogP contribution in [0.15, 0.2) is 53.5 Å². The number of nitrogens with one attached hydrogen (secondary N) is 1. The first-order valence-corrected chi connectivity index (χ1v) is 6.25. The number of benzene rings is 1. The number of rotatable bonds is 5. The van der Waals surface area contributed by atoms with E-state index >= 15 is 0 Å². The highest BCUT2D eigenvalue weighted by Gasteiger charge is 2.11. The van der Waals surface area contributed by atoms with Gasteiger partial charge in [-0.2, -0.15) is 0 Å². The van der Waals surface area contributed by atoms with Gasteiger partial charge in [-0.3, -0.25) is 9.69 Å². The van der Waals surface area contributed by atoms with Crippen molar-refractivity contribution in [2.45, 2.75) is 12.6 Å². The Labute approximate surface area is 112 Å². The lowest BCUT2D eigenvalue weighted by Crippen LogP contribution is -2.27. The van der Waals surface area contributed by atoms with Crippen LogP contribution in [0.1, 0.15) is 17.2 Å². The van der Waals surface area contributed by atoms with E-state index in [2.05, 4.69) is 4.98 Å². The van der Waals surface area contributed by atoms with Gasteiger partial charge in [-0.25, -0.2) is 0 Å². The highest BCUT2D eigenvalue weighted by Crippen LogP contribution is 2.13. The molecular weight excluding hydrogens is 240 g/mol. The van der Waals surface area contributed by atoms with Crippen LogP contribution >= 0.6 is 0 Å². The number of aliphatic hydroxyl groups is 1. The Morgan fingerprint density at radius 3 is 2.63 bits per heavy atom. The van der Waals surface area contributed by atoms with Gasteiger partial charge in [0, 0.05) is 24.8 Å². The number of hydrogen-bond acceptors (Lipinski definition) is 3. The van der Waals surface area contributed by atoms with Crippen LogP contribution < -0.4 is 5.56 Å². The Morgan fingerprint density at radius 1 is 1.21 bits per heavy atom. The molecule has 1 unspecified atom stereocenters. The Bertz CT molecular complexity index is 566. The van der Waals surface area contributed by atoms with Gasteiger partial charge >= 0.3 is 0 Å². The van der Waals surface area contributed by atoms with E-state index in [0.717, 1.165) is 5.56 Å². The minimum absolute atomic E-state index is 0.0800. The molecule has 2 N–H and O–H groups in total. The van der Waals surface area contributed by atoms with Crippen LogP contribution in [0.2, 0.25) is 0 Å². The maximum absolute atomic E-state index is 11.6. The SMILES string of the molecule is CN(Cc1ccc[nH]c1=O)CC(O)c1ccccc1. The van der Waals surface area contributed by atoms with E-state index in [1.807, 2.05) is 42.3 Å². The van der Waals surface area contributed by atoms with E-state index in [0.29, 0.717) is 18.7 Å². The first kappa shape index (κ1) is 13.5. The summed E-state index contributed by atoms with van der Waals surface area (Å²) >= 11 is 0. The van der Waals surface area contributed by atoms with Crippen molar-refractivity contribution < 1.29 is 5.11 Å². The molecular formula is C15H18N2O2. The molecule has 2 aromatic rings. The van der Waals surface area contributed by atoms with Crippen LogP contribution in [0, 0.1) is 0 Å². The summed E-state index contributed by atoms with van der Waals surface area (Å²) in [5.41, 5.74) is 1.50. The largest absolute Gasteiger partial charge is 0.387 e. The molecule has 0 spiro atoms. The monoisotopic (exact) mass is 258 g/mol. The molecule has 0 aliphatic heterocycles. The highest BCUT2D eigenvalue weighted by atomic mass is 16.3. The maximum atomic E-state index is 11.6. The van der Waals surface area contributed by atoms with E-state index in [1.54, 1.807) is 18.3 Å². The van der Waals surface area contributed by atoms with Gasteiger partial charge in [-0.15, -0.1) is 0 Å². The summed E-state index contributed by atoms with van der Waals surface area (Å²) in [6, 6.07) is 13.1. The second-order valence-electron chi connectivity index (χ2n) is 4.65. The minimum Gasteiger partial charge on any atom is -0.387 e. The lowest BCUT2D eigenvalue weighted by molar-refractivity contribution is 0.123. The number of aromatic amines is 1. The number of aromatic nitrogens is 1. The van der Waals surface area contributed by atoms with Crippen LogP contribution in [0.3, 0.4) is 0 Å². The van der Waals surface area contributed by atoms with Crippen molar-refractivity contribution in [1.82, 2.24) is 9.88 Å². The second kappa shape index (κ2) is 6.31. The van der Waals surface area contributed by atoms with Gasteiger partial charge in [0.2, 0.25) is 0 Å². The molecule has 4 heteroatoms. The summed E-state index contributed by atoms with van der Waals surface area (Å²) < 4.78 is 0. The molecule has 0 aliphatic carbocycles. The Balaban J connectivity index is 1.97. The molecule has 0 saturated carbocycles. The summed E-state index contributed by atoms with van der Waals surface area (Å²) in [7, 11) is 1.89. The fraction of sp³-hybridized carbons (Fsp3) is 0.267. The van der Waals surface area contributed by atoms with Crippen LogP contribution in [0.4, 0.5) is 0 Å².